The Morgan fingerprint density at radius 2 is 2.62 bits per heavy atom. The Bertz CT molecular complexity index is 59.5. The van der Waals surface area contributed by atoms with Crippen molar-refractivity contribution in [2.75, 3.05) is 20.2 Å². The molecule has 1 N–H and O–H groups in total. The van der Waals surface area contributed by atoms with Crippen molar-refractivity contribution in [2.45, 2.75) is 12.5 Å². The average Bonchev–Trinajstić information content (AvgIpc) is 1.90. The topological polar surface area (TPSA) is 21.3 Å². The first-order chi connectivity index (χ1) is 3.93. The molecule has 1 fully saturated rings. The predicted molar refractivity (Wildman–Crippen MR) is 32.6 cm³/mol. The molecule has 0 unspecified atom stereocenters. The minimum absolute atomic E-state index is 0.420. The second kappa shape index (κ2) is 3.05. The Morgan fingerprint density at radius 3 is 3.00 bits per heavy atom. The highest BCUT2D eigenvalue weighted by molar-refractivity contribution is 4.80. The minimum Gasteiger partial charge on any atom is -0.380 e. The summed E-state index contributed by atoms with van der Waals surface area (Å²) in [7, 11) is 1.76. The van der Waals surface area contributed by atoms with Crippen LogP contribution in [0, 0.1) is 6.42 Å². The van der Waals surface area contributed by atoms with Gasteiger partial charge in [-0.2, -0.15) is 0 Å². The lowest BCUT2D eigenvalue weighted by molar-refractivity contribution is 0.0931. The molecule has 0 aromatic rings. The molecule has 1 aliphatic heterocycles. The number of hydrogen-bond donors (Lipinski definition) is 1. The summed E-state index contributed by atoms with van der Waals surface area (Å²) < 4.78 is 5.10. The van der Waals surface area contributed by atoms with Gasteiger partial charge in [0.1, 0.15) is 0 Å². The quantitative estimate of drug-likeness (QED) is 0.525. The van der Waals surface area contributed by atoms with Gasteiger partial charge in [0.15, 0.2) is 0 Å². The van der Waals surface area contributed by atoms with Crippen molar-refractivity contribution >= 4 is 0 Å². The van der Waals surface area contributed by atoms with Gasteiger partial charge in [-0.3, -0.25) is 0 Å². The Balaban J connectivity index is 2.13. The summed E-state index contributed by atoms with van der Waals surface area (Å²) >= 11 is 0. The number of ether oxygens (including phenoxy) is 1. The second-order valence-corrected chi connectivity index (χ2v) is 2.04. The van der Waals surface area contributed by atoms with Crippen LogP contribution >= 0.6 is 0 Å². The lowest BCUT2D eigenvalue weighted by Gasteiger charge is -2.20. The fourth-order valence-corrected chi connectivity index (χ4v) is 0.879. The molecule has 0 aliphatic carbocycles. The van der Waals surface area contributed by atoms with E-state index in [0.717, 1.165) is 19.5 Å². The zero-order valence-electron chi connectivity index (χ0n) is 5.18. The normalized spacial score (nSPS) is 30.4. The summed E-state index contributed by atoms with van der Waals surface area (Å²) in [6.07, 6.45) is 3.73. The predicted octanol–water partition coefficient (Wildman–Crippen LogP) is 0.199. The first kappa shape index (κ1) is 6.05. The molecule has 0 amide bonds. The summed E-state index contributed by atoms with van der Waals surface area (Å²) in [6.45, 7) is 2.05. The number of rotatable bonds is 1. The van der Waals surface area contributed by atoms with Crippen LogP contribution < -0.4 is 5.32 Å². The van der Waals surface area contributed by atoms with E-state index in [1.54, 1.807) is 7.11 Å². The highest BCUT2D eigenvalue weighted by Gasteiger charge is 2.10. The first-order valence-electron chi connectivity index (χ1n) is 2.98. The molecule has 1 aliphatic rings. The van der Waals surface area contributed by atoms with Gasteiger partial charge in [0.05, 0.1) is 6.10 Å². The van der Waals surface area contributed by atoms with Gasteiger partial charge < -0.3 is 10.1 Å². The van der Waals surface area contributed by atoms with Gasteiger partial charge >= 0.3 is 0 Å². The van der Waals surface area contributed by atoms with Crippen molar-refractivity contribution < 1.29 is 4.74 Å². The molecule has 1 heterocycles. The Kier molecular flexibility index (Phi) is 2.30. The minimum atomic E-state index is 0.420. The van der Waals surface area contributed by atoms with E-state index < -0.39 is 0 Å². The third-order valence-corrected chi connectivity index (χ3v) is 1.42. The van der Waals surface area contributed by atoms with Gasteiger partial charge in [0, 0.05) is 13.7 Å². The van der Waals surface area contributed by atoms with Crippen molar-refractivity contribution in [3.63, 3.8) is 0 Å². The fraction of sp³-hybridized carbons (Fsp3) is 0.833. The summed E-state index contributed by atoms with van der Waals surface area (Å²) in [5.41, 5.74) is 0. The third kappa shape index (κ3) is 1.46. The zero-order valence-corrected chi connectivity index (χ0v) is 5.18. The molecule has 0 bridgehead atoms. The first-order valence-corrected chi connectivity index (χ1v) is 2.98. The molecule has 0 aromatic carbocycles. The van der Waals surface area contributed by atoms with Crippen molar-refractivity contribution in [1.82, 2.24) is 5.32 Å². The molecule has 1 radical (unpaired) electrons. The third-order valence-electron chi connectivity index (χ3n) is 1.42. The molecule has 1 saturated heterocycles. The summed E-state index contributed by atoms with van der Waals surface area (Å²) in [4.78, 5) is 0. The van der Waals surface area contributed by atoms with E-state index in [-0.39, 0.29) is 0 Å². The summed E-state index contributed by atoms with van der Waals surface area (Å²) in [5, 5.41) is 3.21. The van der Waals surface area contributed by atoms with Crippen molar-refractivity contribution in [3.8, 4) is 0 Å². The van der Waals surface area contributed by atoms with E-state index in [4.69, 9.17) is 4.74 Å². The number of hydrogen-bond acceptors (Lipinski definition) is 2. The lowest BCUT2D eigenvalue weighted by Crippen LogP contribution is -2.34. The molecule has 8 heavy (non-hydrogen) atoms. The van der Waals surface area contributed by atoms with Gasteiger partial charge in [-0.15, -0.1) is 0 Å². The zero-order chi connectivity index (χ0) is 5.82. The number of piperidine rings is 1. The van der Waals surface area contributed by atoms with Gasteiger partial charge in [0.25, 0.3) is 0 Å². The molecule has 47 valence electrons. The molecule has 0 aromatic heterocycles. The van der Waals surface area contributed by atoms with Crippen LogP contribution in [0.4, 0.5) is 0 Å². The van der Waals surface area contributed by atoms with Crippen molar-refractivity contribution in [3.05, 3.63) is 6.42 Å². The maximum absolute atomic E-state index is 5.10. The largest absolute Gasteiger partial charge is 0.380 e. The van der Waals surface area contributed by atoms with E-state index in [2.05, 4.69) is 11.7 Å². The van der Waals surface area contributed by atoms with E-state index in [9.17, 15) is 0 Å². The van der Waals surface area contributed by atoms with Gasteiger partial charge in [-0.25, -0.2) is 0 Å². The van der Waals surface area contributed by atoms with Crippen LogP contribution in [0.3, 0.4) is 0 Å². The van der Waals surface area contributed by atoms with Crippen LogP contribution in [-0.2, 0) is 4.74 Å². The van der Waals surface area contributed by atoms with Crippen LogP contribution in [0.15, 0.2) is 0 Å². The van der Waals surface area contributed by atoms with E-state index >= 15 is 0 Å². The van der Waals surface area contributed by atoms with E-state index in [1.807, 2.05) is 0 Å². The average molecular weight is 114 g/mol. The van der Waals surface area contributed by atoms with Crippen molar-refractivity contribution in [2.24, 2.45) is 0 Å². The lowest BCUT2D eigenvalue weighted by atomic mass is 10.1. The maximum atomic E-state index is 5.10. The Labute approximate surface area is 50.2 Å². The Morgan fingerprint density at radius 1 is 1.75 bits per heavy atom. The SMILES string of the molecule is CO[C@H]1C[CH]CNC1. The molecular formula is C6H12NO. The van der Waals surface area contributed by atoms with E-state index in [0.29, 0.717) is 6.10 Å². The van der Waals surface area contributed by atoms with Crippen LogP contribution in [0.1, 0.15) is 6.42 Å². The number of nitrogens with one attached hydrogen (secondary N) is 1. The highest BCUT2D eigenvalue weighted by Crippen LogP contribution is 2.02. The van der Waals surface area contributed by atoms with Gasteiger partial charge in [0.2, 0.25) is 0 Å². The van der Waals surface area contributed by atoms with Crippen LogP contribution in [0.2, 0.25) is 0 Å². The smallest absolute Gasteiger partial charge is 0.0698 e. The fourth-order valence-electron chi connectivity index (χ4n) is 0.879. The molecule has 1 rings (SSSR count). The monoisotopic (exact) mass is 114 g/mol. The summed E-state index contributed by atoms with van der Waals surface area (Å²) in [5.74, 6) is 0. The second-order valence-electron chi connectivity index (χ2n) is 2.04. The molecule has 1 atom stereocenters. The van der Waals surface area contributed by atoms with Gasteiger partial charge in [-0.05, 0) is 19.4 Å². The van der Waals surface area contributed by atoms with Crippen LogP contribution in [0.5, 0.6) is 0 Å². The molecule has 0 spiro atoms. The standard InChI is InChI=1S/C6H12NO/c1-8-6-3-2-4-7-5-6/h2,6-7H,3-5H2,1H3/t6-/m0/s1. The van der Waals surface area contributed by atoms with Crippen molar-refractivity contribution in [1.29, 1.82) is 0 Å². The molecule has 0 saturated carbocycles. The van der Waals surface area contributed by atoms with Crippen LogP contribution in [0.25, 0.3) is 0 Å². The highest BCUT2D eigenvalue weighted by atomic mass is 16.5. The Hall–Kier alpha value is -0.0800. The summed E-state index contributed by atoms with van der Waals surface area (Å²) in [6, 6.07) is 0. The molecule has 2 heteroatoms. The molecular weight excluding hydrogens is 102 g/mol. The maximum Gasteiger partial charge on any atom is 0.0698 e. The number of methoxy groups -OCH3 is 1. The van der Waals surface area contributed by atoms with Gasteiger partial charge in [-0.1, -0.05) is 0 Å². The van der Waals surface area contributed by atoms with Crippen LogP contribution in [-0.4, -0.2) is 26.3 Å². The van der Waals surface area contributed by atoms with E-state index in [1.165, 1.54) is 0 Å². The molecule has 2 nitrogen and oxygen atoms in total.